The van der Waals surface area contributed by atoms with Crippen LogP contribution in [0, 0.1) is 0 Å². The first kappa shape index (κ1) is 15.2. The third-order valence-electron chi connectivity index (χ3n) is 3.79. The van der Waals surface area contributed by atoms with Gasteiger partial charge in [-0.25, -0.2) is 4.98 Å². The highest BCUT2D eigenvalue weighted by atomic mass is 79.9. The molecule has 0 radical (unpaired) electrons. The van der Waals surface area contributed by atoms with E-state index in [1.807, 2.05) is 29.6 Å². The number of allylic oxidation sites excluding steroid dienone is 1. The van der Waals surface area contributed by atoms with Gasteiger partial charge in [-0.05, 0) is 18.2 Å². The highest BCUT2D eigenvalue weighted by molar-refractivity contribution is 9.10. The van der Waals surface area contributed by atoms with E-state index in [-0.39, 0.29) is 17.1 Å². The zero-order valence-corrected chi connectivity index (χ0v) is 14.7. The average Bonchev–Trinajstić information content (AvgIpc) is 3.15. The minimum Gasteiger partial charge on any atom is -0.288 e. The number of carbonyl (C=O) groups is 2. The van der Waals surface area contributed by atoms with E-state index in [0.29, 0.717) is 16.8 Å². The van der Waals surface area contributed by atoms with Gasteiger partial charge in [0.2, 0.25) is 0 Å². The summed E-state index contributed by atoms with van der Waals surface area (Å²) in [6.45, 7) is 0. The van der Waals surface area contributed by atoms with E-state index in [9.17, 15) is 9.59 Å². The number of hydrogen-bond donors (Lipinski definition) is 0. The molecule has 1 heterocycles. The van der Waals surface area contributed by atoms with E-state index >= 15 is 0 Å². The summed E-state index contributed by atoms with van der Waals surface area (Å²) in [5, 5.41) is 2.70. The van der Waals surface area contributed by atoms with Crippen LogP contribution in [0.25, 0.3) is 16.6 Å². The third-order valence-corrected chi connectivity index (χ3v) is 5.19. The fraction of sp³-hybridized carbons (Fsp3) is 0. The van der Waals surface area contributed by atoms with Crippen LogP contribution in [0.1, 0.15) is 26.4 Å². The van der Waals surface area contributed by atoms with Crippen LogP contribution in [0.2, 0.25) is 0 Å². The molecule has 0 aliphatic heterocycles. The Hall–Kier alpha value is -2.37. The summed E-state index contributed by atoms with van der Waals surface area (Å²) in [5.74, 6) is -0.458. The fourth-order valence-corrected chi connectivity index (χ4v) is 3.83. The molecule has 1 aliphatic rings. The van der Waals surface area contributed by atoms with Crippen LogP contribution in [0.5, 0.6) is 0 Å². The molecular weight excluding hydrogens is 386 g/mol. The minimum absolute atomic E-state index is 0.183. The topological polar surface area (TPSA) is 47.0 Å². The molecule has 3 nitrogen and oxygen atoms in total. The second kappa shape index (κ2) is 5.92. The minimum atomic E-state index is -0.229. The van der Waals surface area contributed by atoms with Gasteiger partial charge in [-0.1, -0.05) is 52.3 Å². The van der Waals surface area contributed by atoms with E-state index in [0.717, 1.165) is 15.0 Å². The Balaban J connectivity index is 1.71. The number of benzene rings is 2. The highest BCUT2D eigenvalue weighted by Gasteiger charge is 2.32. The molecule has 24 heavy (non-hydrogen) atoms. The van der Waals surface area contributed by atoms with E-state index in [2.05, 4.69) is 20.9 Å². The first-order valence-electron chi connectivity index (χ1n) is 7.25. The lowest BCUT2D eigenvalue weighted by Gasteiger charge is -1.96. The Labute approximate surface area is 150 Å². The van der Waals surface area contributed by atoms with Gasteiger partial charge in [-0.3, -0.25) is 9.59 Å². The molecular formula is C19H10BrNO2S. The second-order valence-corrected chi connectivity index (χ2v) is 7.12. The van der Waals surface area contributed by atoms with Gasteiger partial charge in [0.05, 0.1) is 11.3 Å². The Morgan fingerprint density at radius 2 is 1.67 bits per heavy atom. The number of rotatable bonds is 2. The van der Waals surface area contributed by atoms with Crippen LogP contribution in [-0.4, -0.2) is 16.6 Å². The molecule has 0 atom stereocenters. The molecule has 0 saturated carbocycles. The summed E-state index contributed by atoms with van der Waals surface area (Å²) < 4.78 is 0.978. The Morgan fingerprint density at radius 1 is 0.958 bits per heavy atom. The first-order valence-corrected chi connectivity index (χ1v) is 8.92. The Morgan fingerprint density at radius 3 is 2.33 bits per heavy atom. The number of halogens is 1. The molecule has 0 fully saturated rings. The average molecular weight is 396 g/mol. The predicted molar refractivity (Wildman–Crippen MR) is 98.3 cm³/mol. The van der Waals surface area contributed by atoms with Crippen molar-refractivity contribution in [2.24, 2.45) is 0 Å². The van der Waals surface area contributed by atoms with Gasteiger partial charge in [0.1, 0.15) is 5.01 Å². The summed E-state index contributed by atoms with van der Waals surface area (Å²) in [7, 11) is 0. The van der Waals surface area contributed by atoms with Crippen LogP contribution in [-0.2, 0) is 0 Å². The van der Waals surface area contributed by atoms with E-state index in [1.165, 1.54) is 11.3 Å². The van der Waals surface area contributed by atoms with Gasteiger partial charge < -0.3 is 0 Å². The normalized spacial score (nSPS) is 13.3. The molecule has 3 aromatic rings. The predicted octanol–water partition coefficient (Wildman–Crippen LogP) is 5.04. The maximum Gasteiger partial charge on any atom is 0.197 e. The van der Waals surface area contributed by atoms with Crippen molar-refractivity contribution < 1.29 is 9.59 Å². The van der Waals surface area contributed by atoms with Crippen LogP contribution < -0.4 is 0 Å². The van der Waals surface area contributed by atoms with Gasteiger partial charge in [0.25, 0.3) is 0 Å². The monoisotopic (exact) mass is 395 g/mol. The standard InChI is InChI=1S/C19H10BrNO2S/c20-12-5-3-4-11(8-12)19-21-13(10-24-19)9-16-17(22)14-6-1-2-7-15(14)18(16)23/h1-10H. The highest BCUT2D eigenvalue weighted by Crippen LogP contribution is 2.30. The number of fused-ring (bicyclic) bond motifs is 1. The molecule has 0 saturated heterocycles. The molecule has 0 bridgehead atoms. The van der Waals surface area contributed by atoms with Crippen molar-refractivity contribution >= 4 is 44.9 Å². The van der Waals surface area contributed by atoms with E-state index in [1.54, 1.807) is 30.3 Å². The largest absolute Gasteiger partial charge is 0.288 e. The molecule has 1 aliphatic carbocycles. The van der Waals surface area contributed by atoms with Crippen molar-refractivity contribution in [3.05, 3.63) is 80.8 Å². The molecule has 0 spiro atoms. The number of nitrogens with zero attached hydrogens (tertiary/aromatic N) is 1. The lowest BCUT2D eigenvalue weighted by atomic mass is 10.1. The van der Waals surface area contributed by atoms with Gasteiger partial charge in [-0.15, -0.1) is 11.3 Å². The van der Waals surface area contributed by atoms with Crippen molar-refractivity contribution in [3.63, 3.8) is 0 Å². The van der Waals surface area contributed by atoms with Gasteiger partial charge in [0.15, 0.2) is 11.6 Å². The number of aromatic nitrogens is 1. The van der Waals surface area contributed by atoms with Crippen molar-refractivity contribution in [2.45, 2.75) is 0 Å². The summed E-state index contributed by atoms with van der Waals surface area (Å²) in [5.41, 5.74) is 2.74. The Bertz CT molecular complexity index is 982. The van der Waals surface area contributed by atoms with Crippen molar-refractivity contribution in [2.75, 3.05) is 0 Å². The van der Waals surface area contributed by atoms with E-state index < -0.39 is 0 Å². The number of ketones is 2. The molecule has 0 unspecified atom stereocenters. The Kier molecular flexibility index (Phi) is 3.75. The van der Waals surface area contributed by atoms with Gasteiger partial charge in [-0.2, -0.15) is 0 Å². The smallest absolute Gasteiger partial charge is 0.197 e. The van der Waals surface area contributed by atoms with Gasteiger partial charge >= 0.3 is 0 Å². The summed E-state index contributed by atoms with van der Waals surface area (Å²) >= 11 is 4.93. The first-order chi connectivity index (χ1) is 11.6. The number of hydrogen-bond acceptors (Lipinski definition) is 4. The summed E-state index contributed by atoms with van der Waals surface area (Å²) in [6.07, 6.45) is 1.59. The van der Waals surface area contributed by atoms with Crippen molar-refractivity contribution in [1.29, 1.82) is 0 Å². The maximum atomic E-state index is 12.4. The van der Waals surface area contributed by atoms with Crippen molar-refractivity contribution in [3.8, 4) is 10.6 Å². The zero-order chi connectivity index (χ0) is 16.7. The van der Waals surface area contributed by atoms with Crippen molar-refractivity contribution in [1.82, 2.24) is 4.98 Å². The molecule has 2 aromatic carbocycles. The molecule has 0 N–H and O–H groups in total. The van der Waals surface area contributed by atoms with Crippen LogP contribution >= 0.6 is 27.3 Å². The second-order valence-electron chi connectivity index (χ2n) is 5.35. The van der Waals surface area contributed by atoms with Crippen LogP contribution in [0.4, 0.5) is 0 Å². The number of Topliss-reactive ketones (excluding diaryl/α,β-unsaturated/α-hetero) is 2. The van der Waals surface area contributed by atoms with Gasteiger partial charge in [0, 0.05) is 26.5 Å². The quantitative estimate of drug-likeness (QED) is 0.451. The fourth-order valence-electron chi connectivity index (χ4n) is 2.66. The zero-order valence-electron chi connectivity index (χ0n) is 12.3. The molecule has 0 amide bonds. The molecule has 116 valence electrons. The lowest BCUT2D eigenvalue weighted by Crippen LogP contribution is -2.00. The lowest BCUT2D eigenvalue weighted by molar-refractivity contribution is 0.0990. The number of carbonyl (C=O) groups excluding carboxylic acids is 2. The van der Waals surface area contributed by atoms with Crippen LogP contribution in [0.15, 0.2) is 64.0 Å². The SMILES string of the molecule is O=C1C(=Cc2csc(-c3cccc(Br)c3)n2)C(=O)c2ccccc21. The third kappa shape index (κ3) is 2.56. The molecule has 5 heteroatoms. The van der Waals surface area contributed by atoms with E-state index in [4.69, 9.17) is 0 Å². The number of thiazole rings is 1. The molecule has 1 aromatic heterocycles. The summed E-state index contributed by atoms with van der Waals surface area (Å²) in [4.78, 5) is 29.4. The molecule has 4 rings (SSSR count). The summed E-state index contributed by atoms with van der Waals surface area (Å²) in [6, 6.07) is 14.8. The maximum absolute atomic E-state index is 12.4. The van der Waals surface area contributed by atoms with Crippen LogP contribution in [0.3, 0.4) is 0 Å².